The standard InChI is InChI=1S/C10H22N2O6S/c1-5-16-9(17-6-2)7-11-19(14,15)12-10(13)18-8(3)4/h8-9,11H,5-7H2,1-4H3,(H,12,13). The Morgan fingerprint density at radius 1 is 1.16 bits per heavy atom. The highest BCUT2D eigenvalue weighted by Crippen LogP contribution is 1.95. The SMILES string of the molecule is CCOC(CNS(=O)(=O)NC(=O)OC(C)C)OCC. The smallest absolute Gasteiger partial charge is 0.422 e. The highest BCUT2D eigenvalue weighted by Gasteiger charge is 2.18. The molecule has 0 rings (SSSR count). The van der Waals surface area contributed by atoms with Gasteiger partial charge in [-0.25, -0.2) is 9.52 Å². The van der Waals surface area contributed by atoms with Crippen molar-refractivity contribution < 1.29 is 27.4 Å². The van der Waals surface area contributed by atoms with Gasteiger partial charge < -0.3 is 14.2 Å². The Labute approximate surface area is 114 Å². The first-order valence-electron chi connectivity index (χ1n) is 6.02. The Morgan fingerprint density at radius 3 is 2.11 bits per heavy atom. The fraction of sp³-hybridized carbons (Fsp3) is 0.900. The number of nitrogens with one attached hydrogen (secondary N) is 2. The van der Waals surface area contributed by atoms with E-state index in [0.717, 1.165) is 0 Å². The Kier molecular flexibility index (Phi) is 8.65. The van der Waals surface area contributed by atoms with E-state index >= 15 is 0 Å². The van der Waals surface area contributed by atoms with Crippen LogP contribution >= 0.6 is 0 Å². The Morgan fingerprint density at radius 2 is 1.68 bits per heavy atom. The average molecular weight is 298 g/mol. The number of ether oxygens (including phenoxy) is 3. The molecule has 0 aromatic rings. The third-order valence-electron chi connectivity index (χ3n) is 1.71. The minimum atomic E-state index is -3.99. The molecule has 0 atom stereocenters. The summed E-state index contributed by atoms with van der Waals surface area (Å²) in [5, 5.41) is 0. The fourth-order valence-corrected chi connectivity index (χ4v) is 1.79. The molecule has 0 aliphatic heterocycles. The molecule has 0 saturated carbocycles. The zero-order valence-corrected chi connectivity index (χ0v) is 12.5. The lowest BCUT2D eigenvalue weighted by Gasteiger charge is -2.17. The number of rotatable bonds is 9. The van der Waals surface area contributed by atoms with Gasteiger partial charge in [0.1, 0.15) is 0 Å². The summed E-state index contributed by atoms with van der Waals surface area (Å²) >= 11 is 0. The predicted molar refractivity (Wildman–Crippen MR) is 68.7 cm³/mol. The maximum Gasteiger partial charge on any atom is 0.422 e. The largest absolute Gasteiger partial charge is 0.446 e. The molecule has 0 spiro atoms. The van der Waals surface area contributed by atoms with Crippen LogP contribution in [0.15, 0.2) is 0 Å². The van der Waals surface area contributed by atoms with E-state index in [1.807, 2.05) is 0 Å². The van der Waals surface area contributed by atoms with E-state index in [9.17, 15) is 13.2 Å². The fourth-order valence-electron chi connectivity index (χ4n) is 1.10. The molecular weight excluding hydrogens is 276 g/mol. The van der Waals surface area contributed by atoms with Crippen LogP contribution in [0.5, 0.6) is 0 Å². The van der Waals surface area contributed by atoms with Crippen LogP contribution in [-0.2, 0) is 24.4 Å². The van der Waals surface area contributed by atoms with Crippen molar-refractivity contribution in [1.29, 1.82) is 0 Å². The molecule has 0 aliphatic rings. The van der Waals surface area contributed by atoms with Crippen LogP contribution < -0.4 is 9.44 Å². The van der Waals surface area contributed by atoms with Crippen LogP contribution in [0.25, 0.3) is 0 Å². The molecule has 0 fully saturated rings. The second kappa shape index (κ2) is 9.08. The van der Waals surface area contributed by atoms with Crippen molar-refractivity contribution in [3.05, 3.63) is 0 Å². The van der Waals surface area contributed by atoms with Gasteiger partial charge in [-0.2, -0.15) is 13.1 Å². The summed E-state index contributed by atoms with van der Waals surface area (Å²) in [4.78, 5) is 11.2. The summed E-state index contributed by atoms with van der Waals surface area (Å²) in [5.74, 6) is 0. The zero-order chi connectivity index (χ0) is 14.9. The molecule has 19 heavy (non-hydrogen) atoms. The summed E-state index contributed by atoms with van der Waals surface area (Å²) in [6.07, 6.45) is -2.14. The first-order chi connectivity index (χ1) is 8.80. The van der Waals surface area contributed by atoms with Gasteiger partial charge in [0.15, 0.2) is 6.29 Å². The topological polar surface area (TPSA) is 103 Å². The van der Waals surface area contributed by atoms with Crippen LogP contribution in [0.4, 0.5) is 4.79 Å². The Balaban J connectivity index is 4.24. The maximum absolute atomic E-state index is 11.5. The summed E-state index contributed by atoms with van der Waals surface area (Å²) < 4.78 is 41.8. The molecule has 9 heteroatoms. The molecule has 0 aromatic heterocycles. The molecule has 0 bridgehead atoms. The van der Waals surface area contributed by atoms with Crippen LogP contribution in [0.2, 0.25) is 0 Å². The molecule has 0 radical (unpaired) electrons. The molecule has 114 valence electrons. The van der Waals surface area contributed by atoms with Crippen molar-refractivity contribution in [3.63, 3.8) is 0 Å². The van der Waals surface area contributed by atoms with E-state index in [1.165, 1.54) is 0 Å². The highest BCUT2D eigenvalue weighted by molar-refractivity contribution is 7.88. The van der Waals surface area contributed by atoms with Gasteiger partial charge >= 0.3 is 16.3 Å². The van der Waals surface area contributed by atoms with Gasteiger partial charge in [0.25, 0.3) is 0 Å². The molecule has 0 aromatic carbocycles. The second-order valence-corrected chi connectivity index (χ2v) is 5.25. The number of hydrogen-bond acceptors (Lipinski definition) is 6. The van der Waals surface area contributed by atoms with Crippen LogP contribution in [0, 0.1) is 0 Å². The normalized spacial score (nSPS) is 11.9. The number of carbonyl (C=O) groups is 1. The van der Waals surface area contributed by atoms with Crippen molar-refractivity contribution in [2.45, 2.75) is 40.1 Å². The van der Waals surface area contributed by atoms with Gasteiger partial charge in [-0.1, -0.05) is 0 Å². The quantitative estimate of drug-likeness (QED) is 0.596. The van der Waals surface area contributed by atoms with E-state index in [1.54, 1.807) is 32.4 Å². The third-order valence-corrected chi connectivity index (χ3v) is 2.69. The summed E-state index contributed by atoms with van der Waals surface area (Å²) in [7, 11) is -3.99. The maximum atomic E-state index is 11.5. The third kappa shape index (κ3) is 9.65. The van der Waals surface area contributed by atoms with Crippen molar-refractivity contribution in [2.24, 2.45) is 0 Å². The van der Waals surface area contributed by atoms with Crippen molar-refractivity contribution in [1.82, 2.24) is 9.44 Å². The second-order valence-electron chi connectivity index (χ2n) is 3.75. The zero-order valence-electron chi connectivity index (χ0n) is 11.6. The molecule has 2 N–H and O–H groups in total. The van der Waals surface area contributed by atoms with Crippen molar-refractivity contribution >= 4 is 16.3 Å². The first-order valence-corrected chi connectivity index (χ1v) is 7.50. The van der Waals surface area contributed by atoms with Gasteiger partial charge in [-0.05, 0) is 27.7 Å². The van der Waals surface area contributed by atoms with Gasteiger partial charge in [-0.3, -0.25) is 0 Å². The first kappa shape index (κ1) is 18.1. The molecule has 0 unspecified atom stereocenters. The minimum absolute atomic E-state index is 0.105. The molecule has 0 aliphatic carbocycles. The molecular formula is C10H22N2O6S. The van der Waals surface area contributed by atoms with Gasteiger partial charge in [-0.15, -0.1) is 0 Å². The average Bonchev–Trinajstić information content (AvgIpc) is 2.24. The van der Waals surface area contributed by atoms with Crippen molar-refractivity contribution in [3.8, 4) is 0 Å². The van der Waals surface area contributed by atoms with E-state index in [0.29, 0.717) is 13.2 Å². The van der Waals surface area contributed by atoms with Gasteiger partial charge in [0.05, 0.1) is 12.6 Å². The van der Waals surface area contributed by atoms with E-state index in [4.69, 9.17) is 9.47 Å². The summed E-state index contributed by atoms with van der Waals surface area (Å²) in [6, 6.07) is 0. The predicted octanol–water partition coefficient (Wildman–Crippen LogP) is 0.355. The van der Waals surface area contributed by atoms with E-state index < -0.39 is 28.7 Å². The van der Waals surface area contributed by atoms with Crippen LogP contribution in [0.3, 0.4) is 0 Å². The van der Waals surface area contributed by atoms with E-state index in [2.05, 4.69) is 9.46 Å². The molecule has 1 amide bonds. The lowest BCUT2D eigenvalue weighted by atomic mass is 10.5. The molecule has 0 heterocycles. The summed E-state index contributed by atoms with van der Waals surface area (Å²) in [6.45, 7) is 7.41. The Bertz CT molecular complexity index is 351. The number of hydrogen-bond donors (Lipinski definition) is 2. The number of amides is 1. The van der Waals surface area contributed by atoms with Gasteiger partial charge in [0, 0.05) is 13.2 Å². The lowest BCUT2D eigenvalue weighted by molar-refractivity contribution is -0.130. The lowest BCUT2D eigenvalue weighted by Crippen LogP contribution is -2.44. The van der Waals surface area contributed by atoms with E-state index in [-0.39, 0.29) is 6.54 Å². The highest BCUT2D eigenvalue weighted by atomic mass is 32.2. The molecule has 0 saturated heterocycles. The minimum Gasteiger partial charge on any atom is -0.446 e. The summed E-state index contributed by atoms with van der Waals surface area (Å²) in [5.41, 5.74) is 0. The molecule has 8 nitrogen and oxygen atoms in total. The van der Waals surface area contributed by atoms with Crippen LogP contribution in [-0.4, -0.2) is 46.7 Å². The van der Waals surface area contributed by atoms with Crippen molar-refractivity contribution in [2.75, 3.05) is 19.8 Å². The van der Waals surface area contributed by atoms with Gasteiger partial charge in [0.2, 0.25) is 0 Å². The monoisotopic (exact) mass is 298 g/mol. The number of carbonyl (C=O) groups excluding carboxylic acids is 1. The Hall–Kier alpha value is -0.900. The van der Waals surface area contributed by atoms with Crippen LogP contribution in [0.1, 0.15) is 27.7 Å².